The zero-order valence-electron chi connectivity index (χ0n) is 15.8. The molecule has 0 unspecified atom stereocenters. The average molecular weight is 530 g/mol. The van der Waals surface area contributed by atoms with Crippen LogP contribution in [-0.2, 0) is 11.2 Å². The van der Waals surface area contributed by atoms with Crippen LogP contribution in [-0.4, -0.2) is 23.6 Å². The first-order valence-corrected chi connectivity index (χ1v) is 10.7. The maximum atomic E-state index is 12.5. The van der Waals surface area contributed by atoms with E-state index in [0.717, 1.165) is 14.5 Å². The van der Waals surface area contributed by atoms with E-state index < -0.39 is 17.9 Å². The van der Waals surface area contributed by atoms with Crippen molar-refractivity contribution in [1.82, 2.24) is 5.32 Å². The Morgan fingerprint density at radius 1 is 0.800 bits per heavy atom. The highest BCUT2D eigenvalue weighted by Gasteiger charge is 2.20. The molecule has 3 aromatic rings. The molecule has 152 valence electrons. The van der Waals surface area contributed by atoms with Gasteiger partial charge in [-0.15, -0.1) is 0 Å². The molecule has 0 radical (unpaired) electrons. The fourth-order valence-corrected chi connectivity index (χ4v) is 4.23. The van der Waals surface area contributed by atoms with E-state index in [-0.39, 0.29) is 12.2 Å². The fourth-order valence-electron chi connectivity index (χ4n) is 2.93. The van der Waals surface area contributed by atoms with Crippen LogP contribution >= 0.6 is 31.9 Å². The van der Waals surface area contributed by atoms with Crippen molar-refractivity contribution >= 4 is 49.5 Å². The van der Waals surface area contributed by atoms with Gasteiger partial charge in [0.15, 0.2) is 5.78 Å². The topological polar surface area (TPSA) is 89.3 Å². The second-order valence-electron chi connectivity index (χ2n) is 6.68. The molecule has 30 heavy (non-hydrogen) atoms. The molecule has 7 heteroatoms. The van der Waals surface area contributed by atoms with E-state index in [1.807, 2.05) is 18.2 Å². The first-order chi connectivity index (χ1) is 14.3. The fraction of sp³-hybridized carbons (Fsp3) is 0.0870. The summed E-state index contributed by atoms with van der Waals surface area (Å²) in [5, 5.41) is 2.68. The molecule has 0 aromatic heterocycles. The van der Waals surface area contributed by atoms with E-state index in [1.54, 1.807) is 54.6 Å². The number of primary amides is 1. The van der Waals surface area contributed by atoms with Crippen molar-refractivity contribution in [3.05, 3.63) is 104 Å². The number of carbonyl (C=O) groups excluding carboxylic acids is 3. The Morgan fingerprint density at radius 3 is 1.93 bits per heavy atom. The first kappa shape index (κ1) is 21.9. The number of hydrogen-bond acceptors (Lipinski definition) is 3. The normalized spacial score (nSPS) is 11.5. The molecule has 3 aromatic carbocycles. The minimum Gasteiger partial charge on any atom is -0.368 e. The largest absolute Gasteiger partial charge is 0.368 e. The monoisotopic (exact) mass is 528 g/mol. The van der Waals surface area contributed by atoms with Gasteiger partial charge in [-0.1, -0.05) is 86.5 Å². The summed E-state index contributed by atoms with van der Waals surface area (Å²) in [6.45, 7) is 0. The van der Waals surface area contributed by atoms with Crippen molar-refractivity contribution in [2.24, 2.45) is 5.73 Å². The number of nitrogens with one attached hydrogen (secondary N) is 1. The number of benzene rings is 3. The quantitative estimate of drug-likeness (QED) is 0.448. The Kier molecular flexibility index (Phi) is 7.18. The van der Waals surface area contributed by atoms with Crippen LogP contribution in [0.5, 0.6) is 0 Å². The predicted molar refractivity (Wildman–Crippen MR) is 122 cm³/mol. The second-order valence-corrected chi connectivity index (χ2v) is 8.51. The SMILES string of the molecule is NC(=O)[C@@H](Cc1ccc(C(=O)c2ccccc2)cc1)NC(=O)c1cc(Br)cc(Br)c1. The molecule has 0 aliphatic heterocycles. The number of hydrogen-bond donors (Lipinski definition) is 2. The number of nitrogens with two attached hydrogens (primary N) is 1. The Morgan fingerprint density at radius 2 is 1.37 bits per heavy atom. The number of ketones is 1. The summed E-state index contributed by atoms with van der Waals surface area (Å²) >= 11 is 6.67. The zero-order valence-corrected chi connectivity index (χ0v) is 18.9. The molecule has 2 amide bonds. The van der Waals surface area contributed by atoms with Crippen molar-refractivity contribution in [2.45, 2.75) is 12.5 Å². The molecule has 0 aliphatic rings. The standard InChI is InChI=1S/C23H18Br2N2O3/c24-18-11-17(12-19(25)13-18)23(30)27-20(22(26)29)10-14-6-8-16(9-7-14)21(28)15-4-2-1-3-5-15/h1-9,11-13,20H,10H2,(H2,26,29)(H,27,30)/t20-/m1/s1. The Balaban J connectivity index is 1.71. The van der Waals surface area contributed by atoms with Crippen LogP contribution in [0.2, 0.25) is 0 Å². The minimum atomic E-state index is -0.883. The van der Waals surface area contributed by atoms with Gasteiger partial charge in [-0.2, -0.15) is 0 Å². The first-order valence-electron chi connectivity index (χ1n) is 9.08. The predicted octanol–water partition coefficient (Wildman–Crippen LogP) is 4.27. The summed E-state index contributed by atoms with van der Waals surface area (Å²) in [6.07, 6.45) is 0.218. The van der Waals surface area contributed by atoms with Gasteiger partial charge in [-0.05, 0) is 23.8 Å². The van der Waals surface area contributed by atoms with Crippen molar-refractivity contribution in [3.63, 3.8) is 0 Å². The summed E-state index contributed by atoms with van der Waals surface area (Å²) in [5.41, 5.74) is 7.82. The molecule has 5 nitrogen and oxygen atoms in total. The molecule has 0 saturated heterocycles. The zero-order chi connectivity index (χ0) is 21.7. The summed E-state index contributed by atoms with van der Waals surface area (Å²) in [6, 6.07) is 20.1. The van der Waals surface area contributed by atoms with Gasteiger partial charge in [-0.25, -0.2) is 0 Å². The van der Waals surface area contributed by atoms with Gasteiger partial charge < -0.3 is 11.1 Å². The number of rotatable bonds is 7. The maximum absolute atomic E-state index is 12.5. The number of amides is 2. The van der Waals surface area contributed by atoms with Crippen molar-refractivity contribution in [1.29, 1.82) is 0 Å². The summed E-state index contributed by atoms with van der Waals surface area (Å²) in [7, 11) is 0. The highest BCUT2D eigenvalue weighted by Crippen LogP contribution is 2.20. The van der Waals surface area contributed by atoms with Gasteiger partial charge in [0.25, 0.3) is 5.91 Å². The number of halogens is 2. The Labute approximate surface area is 190 Å². The van der Waals surface area contributed by atoms with Crippen molar-refractivity contribution in [3.8, 4) is 0 Å². The molecular formula is C23H18Br2N2O3. The van der Waals surface area contributed by atoms with Crippen LogP contribution in [0.1, 0.15) is 31.8 Å². The summed E-state index contributed by atoms with van der Waals surface area (Å²) in [4.78, 5) is 37.0. The van der Waals surface area contributed by atoms with Gasteiger partial charge >= 0.3 is 0 Å². The van der Waals surface area contributed by atoms with Crippen LogP contribution in [0, 0.1) is 0 Å². The third-order valence-electron chi connectivity index (χ3n) is 4.47. The smallest absolute Gasteiger partial charge is 0.252 e. The third kappa shape index (κ3) is 5.64. The Bertz CT molecular complexity index is 1060. The van der Waals surface area contributed by atoms with E-state index in [9.17, 15) is 14.4 Å². The van der Waals surface area contributed by atoms with Crippen molar-refractivity contribution in [2.75, 3.05) is 0 Å². The van der Waals surface area contributed by atoms with Gasteiger partial charge in [0.2, 0.25) is 5.91 Å². The molecule has 3 rings (SSSR count). The molecule has 0 fully saturated rings. The van der Waals surface area contributed by atoms with E-state index in [4.69, 9.17) is 5.73 Å². The lowest BCUT2D eigenvalue weighted by Gasteiger charge is -2.16. The molecule has 0 aliphatic carbocycles. The van der Waals surface area contributed by atoms with Gasteiger partial charge in [0.1, 0.15) is 6.04 Å². The maximum Gasteiger partial charge on any atom is 0.252 e. The van der Waals surface area contributed by atoms with Gasteiger partial charge in [0, 0.05) is 32.1 Å². The molecule has 0 saturated carbocycles. The van der Waals surface area contributed by atoms with Crippen LogP contribution in [0.15, 0.2) is 81.7 Å². The van der Waals surface area contributed by atoms with Crippen molar-refractivity contribution < 1.29 is 14.4 Å². The van der Waals surface area contributed by atoms with Gasteiger partial charge in [-0.3, -0.25) is 14.4 Å². The third-order valence-corrected chi connectivity index (χ3v) is 5.38. The molecule has 1 atom stereocenters. The second kappa shape index (κ2) is 9.82. The molecule has 0 heterocycles. The molecule has 3 N–H and O–H groups in total. The van der Waals surface area contributed by atoms with Crippen LogP contribution in [0.4, 0.5) is 0 Å². The van der Waals surface area contributed by atoms with Crippen LogP contribution < -0.4 is 11.1 Å². The van der Waals surface area contributed by atoms with E-state index in [1.165, 1.54) is 0 Å². The van der Waals surface area contributed by atoms with Crippen LogP contribution in [0.3, 0.4) is 0 Å². The summed E-state index contributed by atoms with van der Waals surface area (Å²) in [5.74, 6) is -1.12. The van der Waals surface area contributed by atoms with E-state index in [2.05, 4.69) is 37.2 Å². The van der Waals surface area contributed by atoms with Crippen LogP contribution in [0.25, 0.3) is 0 Å². The molecule has 0 bridgehead atoms. The lowest BCUT2D eigenvalue weighted by molar-refractivity contribution is -0.119. The average Bonchev–Trinajstić information content (AvgIpc) is 2.73. The summed E-state index contributed by atoms with van der Waals surface area (Å²) < 4.78 is 1.47. The highest BCUT2D eigenvalue weighted by molar-refractivity contribution is 9.11. The van der Waals surface area contributed by atoms with Gasteiger partial charge in [0.05, 0.1) is 0 Å². The van der Waals surface area contributed by atoms with E-state index >= 15 is 0 Å². The lowest BCUT2D eigenvalue weighted by atomic mass is 9.99. The number of carbonyl (C=O) groups is 3. The molecular weight excluding hydrogens is 512 g/mol. The minimum absolute atomic E-state index is 0.0814. The highest BCUT2D eigenvalue weighted by atomic mass is 79.9. The molecule has 0 spiro atoms. The van der Waals surface area contributed by atoms with E-state index in [0.29, 0.717) is 16.7 Å². The lowest BCUT2D eigenvalue weighted by Crippen LogP contribution is -2.45. The Hall–Kier alpha value is -2.77.